The smallest absolute Gasteiger partial charge is 0.126 e. The van der Waals surface area contributed by atoms with Crippen LogP contribution in [0.1, 0.15) is 30.5 Å². The van der Waals surface area contributed by atoms with E-state index in [1.54, 1.807) is 13.0 Å². The van der Waals surface area contributed by atoms with E-state index in [0.717, 1.165) is 31.7 Å². The Morgan fingerprint density at radius 1 is 1.53 bits per heavy atom. The molecule has 1 aliphatic heterocycles. The molecule has 1 aromatic carbocycles. The third-order valence-electron chi connectivity index (χ3n) is 3.95. The van der Waals surface area contributed by atoms with Gasteiger partial charge in [0.1, 0.15) is 5.82 Å². The van der Waals surface area contributed by atoms with Crippen molar-refractivity contribution in [1.29, 1.82) is 0 Å². The molecule has 0 bridgehead atoms. The van der Waals surface area contributed by atoms with Crippen molar-refractivity contribution >= 4 is 0 Å². The van der Waals surface area contributed by atoms with Gasteiger partial charge in [0, 0.05) is 25.2 Å². The van der Waals surface area contributed by atoms with Crippen LogP contribution < -0.4 is 5.73 Å². The van der Waals surface area contributed by atoms with Crippen LogP contribution in [0, 0.1) is 12.7 Å². The van der Waals surface area contributed by atoms with Gasteiger partial charge in [0.05, 0.1) is 13.2 Å². The molecule has 1 aromatic rings. The van der Waals surface area contributed by atoms with Crippen LogP contribution in [-0.2, 0) is 4.74 Å². The van der Waals surface area contributed by atoms with E-state index < -0.39 is 0 Å². The second-order valence-electron chi connectivity index (χ2n) is 5.13. The Hall–Kier alpha value is -0.970. The normalized spacial score (nSPS) is 22.4. The van der Waals surface area contributed by atoms with E-state index in [2.05, 4.69) is 11.8 Å². The van der Waals surface area contributed by atoms with Gasteiger partial charge in [0.25, 0.3) is 0 Å². The highest BCUT2D eigenvalue weighted by molar-refractivity contribution is 5.26. The molecule has 19 heavy (non-hydrogen) atoms. The minimum Gasteiger partial charge on any atom is -0.378 e. The summed E-state index contributed by atoms with van der Waals surface area (Å²) in [5.41, 5.74) is 7.57. The van der Waals surface area contributed by atoms with E-state index in [0.29, 0.717) is 18.2 Å². The van der Waals surface area contributed by atoms with Gasteiger partial charge < -0.3 is 10.5 Å². The van der Waals surface area contributed by atoms with E-state index in [9.17, 15) is 4.39 Å². The maximum Gasteiger partial charge on any atom is 0.126 e. The van der Waals surface area contributed by atoms with Crippen LogP contribution in [0.5, 0.6) is 0 Å². The second kappa shape index (κ2) is 6.46. The summed E-state index contributed by atoms with van der Waals surface area (Å²) in [5.74, 6) is -0.155. The Kier molecular flexibility index (Phi) is 4.91. The van der Waals surface area contributed by atoms with E-state index in [-0.39, 0.29) is 11.9 Å². The molecule has 2 rings (SSSR count). The summed E-state index contributed by atoms with van der Waals surface area (Å²) < 4.78 is 19.3. The quantitative estimate of drug-likeness (QED) is 0.908. The standard InChI is InChI=1S/C15H23FN2O/c1-3-13-10-19-7-6-18(13)15(9-17)12-5-4-11(2)14(16)8-12/h4-5,8,13,15H,3,6-7,9-10,17H2,1-2H3. The highest BCUT2D eigenvalue weighted by Crippen LogP contribution is 2.26. The summed E-state index contributed by atoms with van der Waals surface area (Å²) in [6.07, 6.45) is 1.02. The van der Waals surface area contributed by atoms with Crippen molar-refractivity contribution in [3.63, 3.8) is 0 Å². The van der Waals surface area contributed by atoms with Crippen molar-refractivity contribution in [3.05, 3.63) is 35.1 Å². The molecule has 1 aliphatic rings. The fraction of sp³-hybridized carbons (Fsp3) is 0.600. The summed E-state index contributed by atoms with van der Waals surface area (Å²) in [7, 11) is 0. The minimum atomic E-state index is -0.155. The molecule has 106 valence electrons. The molecule has 3 nitrogen and oxygen atoms in total. The van der Waals surface area contributed by atoms with Gasteiger partial charge >= 0.3 is 0 Å². The van der Waals surface area contributed by atoms with Crippen LogP contribution in [0.15, 0.2) is 18.2 Å². The van der Waals surface area contributed by atoms with Crippen LogP contribution in [0.25, 0.3) is 0 Å². The molecule has 0 saturated carbocycles. The van der Waals surface area contributed by atoms with Gasteiger partial charge in [-0.2, -0.15) is 0 Å². The molecular weight excluding hydrogens is 243 g/mol. The van der Waals surface area contributed by atoms with Crippen molar-refractivity contribution < 1.29 is 9.13 Å². The van der Waals surface area contributed by atoms with E-state index in [1.807, 2.05) is 12.1 Å². The lowest BCUT2D eigenvalue weighted by molar-refractivity contribution is -0.0291. The lowest BCUT2D eigenvalue weighted by atomic mass is 10.00. The second-order valence-corrected chi connectivity index (χ2v) is 5.13. The lowest BCUT2D eigenvalue weighted by Crippen LogP contribution is -2.48. The number of hydrogen-bond acceptors (Lipinski definition) is 3. The van der Waals surface area contributed by atoms with E-state index in [1.165, 1.54) is 0 Å². The molecule has 1 saturated heterocycles. The van der Waals surface area contributed by atoms with Gasteiger partial charge in [-0.15, -0.1) is 0 Å². The van der Waals surface area contributed by atoms with Crippen LogP contribution in [-0.4, -0.2) is 37.2 Å². The molecule has 0 aromatic heterocycles. The van der Waals surface area contributed by atoms with Crippen molar-refractivity contribution in [2.75, 3.05) is 26.3 Å². The third-order valence-corrected chi connectivity index (χ3v) is 3.95. The first-order chi connectivity index (χ1) is 9.17. The first kappa shape index (κ1) is 14.4. The lowest BCUT2D eigenvalue weighted by Gasteiger charge is -2.40. The molecule has 0 spiro atoms. The number of nitrogens with zero attached hydrogens (tertiary/aromatic N) is 1. The van der Waals surface area contributed by atoms with Gasteiger partial charge in [0.2, 0.25) is 0 Å². The number of hydrogen-bond donors (Lipinski definition) is 1. The fourth-order valence-corrected chi connectivity index (χ4v) is 2.71. The Bertz CT molecular complexity index is 425. The highest BCUT2D eigenvalue weighted by Gasteiger charge is 2.28. The van der Waals surface area contributed by atoms with E-state index in [4.69, 9.17) is 10.5 Å². The van der Waals surface area contributed by atoms with Crippen LogP contribution >= 0.6 is 0 Å². The molecule has 2 N–H and O–H groups in total. The Morgan fingerprint density at radius 2 is 2.32 bits per heavy atom. The van der Waals surface area contributed by atoms with Gasteiger partial charge in [-0.25, -0.2) is 4.39 Å². The Morgan fingerprint density at radius 3 is 2.95 bits per heavy atom. The Labute approximate surface area is 114 Å². The molecule has 0 radical (unpaired) electrons. The van der Waals surface area contributed by atoms with Gasteiger partial charge in [-0.1, -0.05) is 19.1 Å². The number of ether oxygens (including phenoxy) is 1. The number of halogens is 1. The predicted octanol–water partition coefficient (Wildman–Crippen LogP) is 2.24. The highest BCUT2D eigenvalue weighted by atomic mass is 19.1. The zero-order chi connectivity index (χ0) is 13.8. The fourth-order valence-electron chi connectivity index (χ4n) is 2.71. The molecule has 1 heterocycles. The monoisotopic (exact) mass is 266 g/mol. The zero-order valence-corrected chi connectivity index (χ0v) is 11.7. The van der Waals surface area contributed by atoms with Crippen molar-refractivity contribution in [2.24, 2.45) is 5.73 Å². The number of benzene rings is 1. The van der Waals surface area contributed by atoms with Gasteiger partial charge in [-0.05, 0) is 30.5 Å². The SMILES string of the molecule is CCC1COCCN1C(CN)c1ccc(C)c(F)c1. The van der Waals surface area contributed by atoms with Gasteiger partial charge in [0.15, 0.2) is 0 Å². The molecule has 2 unspecified atom stereocenters. The van der Waals surface area contributed by atoms with Crippen LogP contribution in [0.2, 0.25) is 0 Å². The molecule has 0 aliphatic carbocycles. The summed E-state index contributed by atoms with van der Waals surface area (Å²) in [6, 6.07) is 5.87. The summed E-state index contributed by atoms with van der Waals surface area (Å²) in [5, 5.41) is 0. The summed E-state index contributed by atoms with van der Waals surface area (Å²) >= 11 is 0. The Balaban J connectivity index is 2.24. The topological polar surface area (TPSA) is 38.5 Å². The maximum atomic E-state index is 13.7. The summed E-state index contributed by atoms with van der Waals surface area (Å²) in [6.45, 7) is 6.74. The first-order valence-corrected chi connectivity index (χ1v) is 6.97. The van der Waals surface area contributed by atoms with Crippen LogP contribution in [0.4, 0.5) is 4.39 Å². The molecular formula is C15H23FN2O. The number of morpholine rings is 1. The molecule has 4 heteroatoms. The minimum absolute atomic E-state index is 0.0731. The third kappa shape index (κ3) is 3.14. The maximum absolute atomic E-state index is 13.7. The first-order valence-electron chi connectivity index (χ1n) is 6.97. The van der Waals surface area contributed by atoms with Crippen LogP contribution in [0.3, 0.4) is 0 Å². The average molecular weight is 266 g/mol. The number of aryl methyl sites for hydroxylation is 1. The number of rotatable bonds is 4. The predicted molar refractivity (Wildman–Crippen MR) is 74.5 cm³/mol. The molecule has 2 atom stereocenters. The molecule has 0 amide bonds. The summed E-state index contributed by atoms with van der Waals surface area (Å²) in [4.78, 5) is 2.35. The van der Waals surface area contributed by atoms with Crippen molar-refractivity contribution in [2.45, 2.75) is 32.4 Å². The average Bonchev–Trinajstić information content (AvgIpc) is 2.44. The van der Waals surface area contributed by atoms with Gasteiger partial charge in [-0.3, -0.25) is 4.90 Å². The van der Waals surface area contributed by atoms with Crippen molar-refractivity contribution in [1.82, 2.24) is 4.90 Å². The van der Waals surface area contributed by atoms with E-state index >= 15 is 0 Å². The molecule has 1 fully saturated rings. The van der Waals surface area contributed by atoms with Crippen molar-refractivity contribution in [3.8, 4) is 0 Å². The zero-order valence-electron chi connectivity index (χ0n) is 11.7. The largest absolute Gasteiger partial charge is 0.378 e. The number of nitrogens with two attached hydrogens (primary N) is 1.